The molecule has 0 aliphatic heterocycles. The smallest absolute Gasteiger partial charge is 0.121 e. The molecule has 1 N–H and O–H groups in total. The fraction of sp³-hybridized carbons (Fsp3) is 0.538. The Hall–Kier alpha value is -0.980. The summed E-state index contributed by atoms with van der Waals surface area (Å²) in [6, 6.07) is 4.24. The van der Waals surface area contributed by atoms with Crippen LogP contribution >= 0.6 is 0 Å². The maximum absolute atomic E-state index is 9.82. The molecule has 0 amide bonds. The lowest BCUT2D eigenvalue weighted by Crippen LogP contribution is -1.92. The van der Waals surface area contributed by atoms with Crippen molar-refractivity contribution in [2.45, 2.75) is 46.5 Å². The second-order valence-electron chi connectivity index (χ2n) is 3.92. The monoisotopic (exact) mass is 192 g/mol. The Bertz CT molecular complexity index is 302. The fourth-order valence-corrected chi connectivity index (χ4v) is 1.83. The topological polar surface area (TPSA) is 20.2 Å². The molecule has 0 radical (unpaired) electrons. The first-order valence-corrected chi connectivity index (χ1v) is 5.50. The summed E-state index contributed by atoms with van der Waals surface area (Å²) in [6.07, 6.45) is 4.33. The third-order valence-electron chi connectivity index (χ3n) is 2.50. The number of hydrogen-bond acceptors (Lipinski definition) is 1. The van der Waals surface area contributed by atoms with Crippen LogP contribution < -0.4 is 0 Å². The summed E-state index contributed by atoms with van der Waals surface area (Å²) in [5.41, 5.74) is 3.47. The van der Waals surface area contributed by atoms with E-state index in [1.165, 1.54) is 5.56 Å². The summed E-state index contributed by atoms with van der Waals surface area (Å²) in [7, 11) is 0. The highest BCUT2D eigenvalue weighted by Gasteiger charge is 2.05. The SMILES string of the molecule is CCCc1cc(C)c(O)c(CCC)c1. The molecule has 0 saturated carbocycles. The molecule has 0 atom stereocenters. The van der Waals surface area contributed by atoms with Gasteiger partial charge in [0.1, 0.15) is 5.75 Å². The first-order chi connectivity index (χ1) is 6.69. The molecule has 1 aromatic carbocycles. The molecule has 78 valence electrons. The molecule has 0 heterocycles. The molecule has 0 bridgehead atoms. The number of rotatable bonds is 4. The number of aromatic hydroxyl groups is 1. The van der Waals surface area contributed by atoms with E-state index in [1.54, 1.807) is 0 Å². The van der Waals surface area contributed by atoms with Crippen molar-refractivity contribution in [2.75, 3.05) is 0 Å². The van der Waals surface area contributed by atoms with Crippen molar-refractivity contribution in [3.8, 4) is 5.75 Å². The molecular formula is C13H20O. The maximum Gasteiger partial charge on any atom is 0.121 e. The van der Waals surface area contributed by atoms with Crippen molar-refractivity contribution < 1.29 is 5.11 Å². The van der Waals surface area contributed by atoms with Gasteiger partial charge in [0.05, 0.1) is 0 Å². The van der Waals surface area contributed by atoms with Crippen LogP contribution in [-0.2, 0) is 12.8 Å². The minimum atomic E-state index is 0.492. The van der Waals surface area contributed by atoms with Crippen LogP contribution in [0.4, 0.5) is 0 Å². The normalized spacial score (nSPS) is 10.5. The molecular weight excluding hydrogens is 172 g/mol. The predicted molar refractivity (Wildman–Crippen MR) is 60.8 cm³/mol. The van der Waals surface area contributed by atoms with Crippen molar-refractivity contribution in [3.05, 3.63) is 28.8 Å². The molecule has 1 heteroatoms. The van der Waals surface area contributed by atoms with Crippen molar-refractivity contribution in [2.24, 2.45) is 0 Å². The van der Waals surface area contributed by atoms with Gasteiger partial charge in [-0.1, -0.05) is 38.8 Å². The second kappa shape index (κ2) is 5.04. The Labute approximate surface area is 86.8 Å². The van der Waals surface area contributed by atoms with Gasteiger partial charge in [0, 0.05) is 0 Å². The molecule has 0 saturated heterocycles. The average Bonchev–Trinajstić information content (AvgIpc) is 2.14. The molecule has 0 fully saturated rings. The molecule has 0 aromatic heterocycles. The fourth-order valence-electron chi connectivity index (χ4n) is 1.83. The van der Waals surface area contributed by atoms with Gasteiger partial charge in [-0.05, 0) is 36.5 Å². The Morgan fingerprint density at radius 2 is 1.71 bits per heavy atom. The molecule has 0 spiro atoms. The van der Waals surface area contributed by atoms with E-state index in [0.717, 1.165) is 36.8 Å². The summed E-state index contributed by atoms with van der Waals surface area (Å²) in [6.45, 7) is 6.30. The molecule has 1 nitrogen and oxygen atoms in total. The first kappa shape index (κ1) is 11.1. The highest BCUT2D eigenvalue weighted by atomic mass is 16.3. The van der Waals surface area contributed by atoms with Crippen LogP contribution in [0, 0.1) is 6.92 Å². The molecule has 1 rings (SSSR count). The largest absolute Gasteiger partial charge is 0.507 e. The van der Waals surface area contributed by atoms with Crippen LogP contribution in [0.5, 0.6) is 5.75 Å². The van der Waals surface area contributed by atoms with E-state index in [1.807, 2.05) is 6.92 Å². The Morgan fingerprint density at radius 3 is 2.29 bits per heavy atom. The van der Waals surface area contributed by atoms with E-state index in [9.17, 15) is 5.11 Å². The quantitative estimate of drug-likeness (QED) is 0.772. The number of aryl methyl sites for hydroxylation is 3. The van der Waals surface area contributed by atoms with E-state index in [4.69, 9.17) is 0 Å². The van der Waals surface area contributed by atoms with Gasteiger partial charge in [-0.25, -0.2) is 0 Å². The van der Waals surface area contributed by atoms with E-state index >= 15 is 0 Å². The molecule has 1 aromatic rings. The molecule has 0 aliphatic carbocycles. The lowest BCUT2D eigenvalue weighted by Gasteiger charge is -2.09. The molecule has 14 heavy (non-hydrogen) atoms. The number of phenols is 1. The van der Waals surface area contributed by atoms with Gasteiger partial charge in [0.25, 0.3) is 0 Å². The zero-order valence-electron chi connectivity index (χ0n) is 9.43. The lowest BCUT2D eigenvalue weighted by atomic mass is 9.99. The average molecular weight is 192 g/mol. The van der Waals surface area contributed by atoms with Crippen LogP contribution in [0.2, 0.25) is 0 Å². The van der Waals surface area contributed by atoms with Gasteiger partial charge in [-0.15, -0.1) is 0 Å². The summed E-state index contributed by atoms with van der Waals surface area (Å²) in [5, 5.41) is 9.82. The van der Waals surface area contributed by atoms with Crippen LogP contribution in [0.1, 0.15) is 43.4 Å². The highest BCUT2D eigenvalue weighted by Crippen LogP contribution is 2.25. The number of hydrogen-bond donors (Lipinski definition) is 1. The Balaban J connectivity index is 3.01. The van der Waals surface area contributed by atoms with Crippen molar-refractivity contribution in [1.29, 1.82) is 0 Å². The number of benzene rings is 1. The van der Waals surface area contributed by atoms with E-state index in [2.05, 4.69) is 26.0 Å². The van der Waals surface area contributed by atoms with Crippen LogP contribution in [0.25, 0.3) is 0 Å². The maximum atomic E-state index is 9.82. The third kappa shape index (κ3) is 2.50. The minimum absolute atomic E-state index is 0.492. The second-order valence-corrected chi connectivity index (χ2v) is 3.92. The highest BCUT2D eigenvalue weighted by molar-refractivity contribution is 5.43. The van der Waals surface area contributed by atoms with Crippen molar-refractivity contribution >= 4 is 0 Å². The standard InChI is InChI=1S/C13H20O/c1-4-6-11-8-10(3)13(14)12(9-11)7-5-2/h8-9,14H,4-7H2,1-3H3. The molecule has 0 unspecified atom stereocenters. The summed E-state index contributed by atoms with van der Waals surface area (Å²) in [5.74, 6) is 0.492. The van der Waals surface area contributed by atoms with E-state index in [-0.39, 0.29) is 0 Å². The van der Waals surface area contributed by atoms with Gasteiger partial charge in [-0.3, -0.25) is 0 Å². The van der Waals surface area contributed by atoms with Gasteiger partial charge < -0.3 is 5.11 Å². The van der Waals surface area contributed by atoms with Crippen molar-refractivity contribution in [1.82, 2.24) is 0 Å². The summed E-state index contributed by atoms with van der Waals surface area (Å²) < 4.78 is 0. The Kier molecular flexibility index (Phi) is 3.99. The Morgan fingerprint density at radius 1 is 1.07 bits per heavy atom. The predicted octanol–water partition coefficient (Wildman–Crippen LogP) is 3.61. The van der Waals surface area contributed by atoms with Crippen LogP contribution in [0.15, 0.2) is 12.1 Å². The van der Waals surface area contributed by atoms with Crippen molar-refractivity contribution in [3.63, 3.8) is 0 Å². The van der Waals surface area contributed by atoms with Gasteiger partial charge in [0.15, 0.2) is 0 Å². The van der Waals surface area contributed by atoms with E-state index in [0.29, 0.717) is 5.75 Å². The van der Waals surface area contributed by atoms with Gasteiger partial charge >= 0.3 is 0 Å². The first-order valence-electron chi connectivity index (χ1n) is 5.50. The zero-order valence-corrected chi connectivity index (χ0v) is 9.43. The van der Waals surface area contributed by atoms with E-state index < -0.39 is 0 Å². The summed E-state index contributed by atoms with van der Waals surface area (Å²) in [4.78, 5) is 0. The minimum Gasteiger partial charge on any atom is -0.507 e. The van der Waals surface area contributed by atoms with Gasteiger partial charge in [-0.2, -0.15) is 0 Å². The van der Waals surface area contributed by atoms with Crippen LogP contribution in [-0.4, -0.2) is 5.11 Å². The summed E-state index contributed by atoms with van der Waals surface area (Å²) >= 11 is 0. The third-order valence-corrected chi connectivity index (χ3v) is 2.50. The lowest BCUT2D eigenvalue weighted by molar-refractivity contribution is 0.463. The van der Waals surface area contributed by atoms with Crippen LogP contribution in [0.3, 0.4) is 0 Å². The number of phenolic OH excluding ortho intramolecular Hbond substituents is 1. The molecule has 0 aliphatic rings. The zero-order chi connectivity index (χ0) is 10.6. The van der Waals surface area contributed by atoms with Gasteiger partial charge in [0.2, 0.25) is 0 Å².